The molecule has 4 nitrogen and oxygen atoms in total. The van der Waals surface area contributed by atoms with Crippen LogP contribution in [-0.2, 0) is 0 Å². The van der Waals surface area contributed by atoms with Crippen LogP contribution >= 0.6 is 0 Å². The third-order valence-corrected chi connectivity index (χ3v) is 2.75. The molecule has 0 fully saturated rings. The van der Waals surface area contributed by atoms with E-state index >= 15 is 0 Å². The Morgan fingerprint density at radius 1 is 1.18 bits per heavy atom. The van der Waals surface area contributed by atoms with Crippen molar-refractivity contribution in [1.29, 1.82) is 0 Å². The quantitative estimate of drug-likeness (QED) is 0.608. The average Bonchev–Trinajstić information content (AvgIpc) is 2.31. The zero-order chi connectivity index (χ0) is 12.8. The van der Waals surface area contributed by atoms with Gasteiger partial charge in [0.15, 0.2) is 0 Å². The fourth-order valence-corrected chi connectivity index (χ4v) is 1.85. The fourth-order valence-electron chi connectivity index (χ4n) is 1.85. The van der Waals surface area contributed by atoms with Gasteiger partial charge in [0.25, 0.3) is 0 Å². The van der Waals surface area contributed by atoms with Crippen molar-refractivity contribution in [3.8, 4) is 5.75 Å². The van der Waals surface area contributed by atoms with Crippen LogP contribution in [0.3, 0.4) is 0 Å². The summed E-state index contributed by atoms with van der Waals surface area (Å²) in [5.74, 6) is 6.61. The first-order valence-corrected chi connectivity index (χ1v) is 6.14. The third kappa shape index (κ3) is 3.27. The van der Waals surface area contributed by atoms with Gasteiger partial charge in [0.1, 0.15) is 5.75 Å². The zero-order valence-electron chi connectivity index (χ0n) is 11.2. The van der Waals surface area contributed by atoms with Gasteiger partial charge in [-0.25, -0.2) is 5.84 Å². The second-order valence-electron chi connectivity index (χ2n) is 3.87. The van der Waals surface area contributed by atoms with E-state index in [-0.39, 0.29) is 0 Å². The van der Waals surface area contributed by atoms with Crippen LogP contribution in [-0.4, -0.2) is 26.7 Å². The normalized spacial score (nSPS) is 10.2. The first kappa shape index (κ1) is 13.6. The summed E-state index contributed by atoms with van der Waals surface area (Å²) in [4.78, 5) is 2.28. The van der Waals surface area contributed by atoms with Crippen LogP contribution in [0.15, 0.2) is 18.2 Å². The van der Waals surface area contributed by atoms with E-state index in [1.54, 1.807) is 5.01 Å². The lowest BCUT2D eigenvalue weighted by molar-refractivity contribution is 0.341. The number of hydrogen-bond acceptors (Lipinski definition) is 4. The molecule has 0 spiro atoms. The van der Waals surface area contributed by atoms with E-state index in [1.165, 1.54) is 5.69 Å². The first-order chi connectivity index (χ1) is 8.13. The average molecular weight is 237 g/mol. The topological polar surface area (TPSA) is 41.7 Å². The number of nitrogens with two attached hydrogens (primary N) is 1. The van der Waals surface area contributed by atoms with Gasteiger partial charge in [0.05, 0.1) is 12.3 Å². The summed E-state index contributed by atoms with van der Waals surface area (Å²) in [6, 6.07) is 6.13. The van der Waals surface area contributed by atoms with Crippen molar-refractivity contribution in [3.05, 3.63) is 18.2 Å². The van der Waals surface area contributed by atoms with Crippen LogP contribution in [0.1, 0.15) is 20.8 Å². The van der Waals surface area contributed by atoms with Gasteiger partial charge in [-0.05, 0) is 32.9 Å². The van der Waals surface area contributed by atoms with Crippen LogP contribution < -0.4 is 20.5 Å². The van der Waals surface area contributed by atoms with Crippen LogP contribution in [0.25, 0.3) is 0 Å². The summed E-state index contributed by atoms with van der Waals surface area (Å²) < 4.78 is 5.63. The van der Waals surface area contributed by atoms with Crippen LogP contribution in [0, 0.1) is 0 Å². The Morgan fingerprint density at radius 3 is 2.29 bits per heavy atom. The van der Waals surface area contributed by atoms with Gasteiger partial charge in [-0.2, -0.15) is 0 Å². The van der Waals surface area contributed by atoms with Crippen molar-refractivity contribution in [2.24, 2.45) is 5.84 Å². The number of benzene rings is 1. The molecule has 0 atom stereocenters. The molecule has 2 N–H and O–H groups in total. The van der Waals surface area contributed by atoms with E-state index < -0.39 is 0 Å². The minimum atomic E-state index is 0.641. The van der Waals surface area contributed by atoms with E-state index in [2.05, 4.69) is 30.9 Å². The lowest BCUT2D eigenvalue weighted by Crippen LogP contribution is -2.26. The highest BCUT2D eigenvalue weighted by atomic mass is 16.5. The van der Waals surface area contributed by atoms with Gasteiger partial charge in [-0.3, -0.25) is 0 Å². The Balaban J connectivity index is 3.08. The predicted octanol–water partition coefficient (Wildman–Crippen LogP) is 2.24. The van der Waals surface area contributed by atoms with Crippen LogP contribution in [0.4, 0.5) is 11.4 Å². The van der Waals surface area contributed by atoms with Gasteiger partial charge in [-0.15, -0.1) is 0 Å². The molecule has 1 rings (SSSR count). The minimum Gasteiger partial charge on any atom is -0.492 e. The van der Waals surface area contributed by atoms with Crippen molar-refractivity contribution in [3.63, 3.8) is 0 Å². The molecule has 0 aliphatic rings. The number of hydrogen-bond donors (Lipinski definition) is 1. The highest BCUT2D eigenvalue weighted by molar-refractivity contribution is 5.65. The largest absolute Gasteiger partial charge is 0.492 e. The monoisotopic (exact) mass is 237 g/mol. The molecule has 0 amide bonds. The number of rotatable bonds is 6. The number of hydrazine groups is 1. The molecule has 4 heteroatoms. The van der Waals surface area contributed by atoms with Crippen LogP contribution in [0.2, 0.25) is 0 Å². The van der Waals surface area contributed by atoms with Gasteiger partial charge in [-0.1, -0.05) is 0 Å². The van der Waals surface area contributed by atoms with Crippen molar-refractivity contribution < 1.29 is 4.74 Å². The maximum Gasteiger partial charge on any atom is 0.145 e. The molecular formula is C13H23N3O. The number of ether oxygens (including phenoxy) is 1. The summed E-state index contributed by atoms with van der Waals surface area (Å²) in [7, 11) is 1.81. The summed E-state index contributed by atoms with van der Waals surface area (Å²) in [5.41, 5.74) is 2.08. The summed E-state index contributed by atoms with van der Waals surface area (Å²) >= 11 is 0. The Hall–Kier alpha value is -1.42. The van der Waals surface area contributed by atoms with Gasteiger partial charge in [0.2, 0.25) is 0 Å². The highest BCUT2D eigenvalue weighted by Gasteiger charge is 2.09. The van der Waals surface area contributed by atoms with Crippen molar-refractivity contribution in [2.45, 2.75) is 20.8 Å². The molecule has 0 unspecified atom stereocenters. The zero-order valence-corrected chi connectivity index (χ0v) is 11.2. The van der Waals surface area contributed by atoms with Crippen molar-refractivity contribution >= 4 is 11.4 Å². The van der Waals surface area contributed by atoms with E-state index in [1.807, 2.05) is 20.0 Å². The number of nitrogens with zero attached hydrogens (tertiary/aromatic N) is 2. The molecule has 0 aromatic heterocycles. The van der Waals surface area contributed by atoms with Crippen molar-refractivity contribution in [2.75, 3.05) is 36.7 Å². The Labute approximate surface area is 104 Å². The van der Waals surface area contributed by atoms with E-state index in [4.69, 9.17) is 10.6 Å². The minimum absolute atomic E-state index is 0.641. The van der Waals surface area contributed by atoms with E-state index in [0.717, 1.165) is 24.5 Å². The van der Waals surface area contributed by atoms with Gasteiger partial charge < -0.3 is 14.6 Å². The molecular weight excluding hydrogens is 214 g/mol. The molecule has 1 aromatic rings. The van der Waals surface area contributed by atoms with Crippen molar-refractivity contribution in [1.82, 2.24) is 0 Å². The van der Waals surface area contributed by atoms with Gasteiger partial charge in [0, 0.05) is 31.9 Å². The number of anilines is 2. The lowest BCUT2D eigenvalue weighted by Gasteiger charge is -2.24. The SMILES string of the molecule is CCOc1cc(N(CC)CC)ccc1N(C)N. The molecule has 0 saturated carbocycles. The second-order valence-corrected chi connectivity index (χ2v) is 3.87. The molecule has 0 aliphatic carbocycles. The Morgan fingerprint density at radius 2 is 1.82 bits per heavy atom. The summed E-state index contributed by atoms with van der Waals surface area (Å²) in [6.07, 6.45) is 0. The molecule has 0 aliphatic heterocycles. The Kier molecular flexibility index (Phi) is 5.10. The van der Waals surface area contributed by atoms with E-state index in [0.29, 0.717) is 6.61 Å². The smallest absolute Gasteiger partial charge is 0.145 e. The van der Waals surface area contributed by atoms with E-state index in [9.17, 15) is 0 Å². The fraction of sp³-hybridized carbons (Fsp3) is 0.538. The molecule has 0 heterocycles. The Bertz CT molecular complexity index is 349. The molecule has 96 valence electrons. The second kappa shape index (κ2) is 6.35. The molecule has 1 aromatic carbocycles. The molecule has 17 heavy (non-hydrogen) atoms. The van der Waals surface area contributed by atoms with Gasteiger partial charge >= 0.3 is 0 Å². The molecule has 0 radical (unpaired) electrons. The summed E-state index contributed by atoms with van der Waals surface area (Å²) in [5, 5.41) is 1.58. The molecule has 0 bridgehead atoms. The first-order valence-electron chi connectivity index (χ1n) is 6.14. The lowest BCUT2D eigenvalue weighted by atomic mass is 10.2. The van der Waals surface area contributed by atoms with Crippen LogP contribution in [0.5, 0.6) is 5.75 Å². The standard InChI is InChI=1S/C13H23N3O/c1-5-16(6-2)11-8-9-12(15(4)14)13(10-11)17-7-3/h8-10H,5-7,14H2,1-4H3. The maximum absolute atomic E-state index is 5.78. The third-order valence-electron chi connectivity index (χ3n) is 2.75. The summed E-state index contributed by atoms with van der Waals surface area (Å²) in [6.45, 7) is 8.88. The maximum atomic E-state index is 5.78. The highest BCUT2D eigenvalue weighted by Crippen LogP contribution is 2.31. The predicted molar refractivity (Wildman–Crippen MR) is 73.8 cm³/mol. The molecule has 0 saturated heterocycles.